The molecule has 0 bridgehead atoms. The Morgan fingerprint density at radius 3 is 2.48 bits per heavy atom. The molecule has 2 aromatic carbocycles. The van der Waals surface area contributed by atoms with Crippen LogP contribution in [-0.2, 0) is 12.0 Å². The second-order valence-electron chi connectivity index (χ2n) is 7.04. The van der Waals surface area contributed by atoms with Crippen molar-refractivity contribution in [3.63, 3.8) is 0 Å². The summed E-state index contributed by atoms with van der Waals surface area (Å²) < 4.78 is 64.8. The van der Waals surface area contributed by atoms with Crippen LogP contribution in [0.5, 0.6) is 11.5 Å². The standard InChI is InChI=1S/C20H19F4NO2/c1-19(15-6-5-13(11-16(15)21)20(22,23)24)26-17-4-2-3-14(18(17)27-19)12-7-9-25-10-8-12/h2-6,11-12,25H,7-10H2,1H3. The highest BCUT2D eigenvalue weighted by Crippen LogP contribution is 2.49. The summed E-state index contributed by atoms with van der Waals surface area (Å²) in [6.07, 6.45) is -2.71. The lowest BCUT2D eigenvalue weighted by Gasteiger charge is -2.26. The number of ether oxygens (including phenoxy) is 2. The van der Waals surface area contributed by atoms with Crippen LogP contribution in [0.15, 0.2) is 36.4 Å². The molecule has 27 heavy (non-hydrogen) atoms. The Bertz CT molecular complexity index is 862. The maximum absolute atomic E-state index is 14.5. The molecule has 1 fully saturated rings. The van der Waals surface area contributed by atoms with E-state index >= 15 is 0 Å². The van der Waals surface area contributed by atoms with Crippen LogP contribution in [0.1, 0.15) is 42.4 Å². The Morgan fingerprint density at radius 2 is 1.81 bits per heavy atom. The first-order valence-electron chi connectivity index (χ1n) is 8.87. The van der Waals surface area contributed by atoms with E-state index in [9.17, 15) is 17.6 Å². The van der Waals surface area contributed by atoms with E-state index in [0.717, 1.165) is 43.6 Å². The van der Waals surface area contributed by atoms with Gasteiger partial charge in [-0.1, -0.05) is 12.1 Å². The lowest BCUT2D eigenvalue weighted by Crippen LogP contribution is -2.33. The van der Waals surface area contributed by atoms with Gasteiger partial charge in [-0.3, -0.25) is 0 Å². The van der Waals surface area contributed by atoms with Crippen molar-refractivity contribution in [3.8, 4) is 11.5 Å². The molecule has 2 aliphatic rings. The van der Waals surface area contributed by atoms with Crippen LogP contribution in [0, 0.1) is 5.82 Å². The molecule has 2 aliphatic heterocycles. The first-order chi connectivity index (χ1) is 12.8. The minimum atomic E-state index is -4.61. The number of para-hydroxylation sites is 1. The normalized spacial score (nSPS) is 22.9. The summed E-state index contributed by atoms with van der Waals surface area (Å²) in [6.45, 7) is 3.32. The third-order valence-electron chi connectivity index (χ3n) is 5.18. The summed E-state index contributed by atoms with van der Waals surface area (Å²) >= 11 is 0. The molecule has 2 aromatic rings. The molecule has 1 saturated heterocycles. The van der Waals surface area contributed by atoms with E-state index in [1.807, 2.05) is 12.1 Å². The Balaban J connectivity index is 1.67. The van der Waals surface area contributed by atoms with Crippen LogP contribution >= 0.6 is 0 Å². The third-order valence-corrected chi connectivity index (χ3v) is 5.18. The predicted octanol–water partition coefficient (Wildman–Crippen LogP) is 4.96. The van der Waals surface area contributed by atoms with Crippen molar-refractivity contribution in [2.45, 2.75) is 37.6 Å². The number of alkyl halides is 3. The average Bonchev–Trinajstić information content (AvgIpc) is 2.98. The number of rotatable bonds is 2. The van der Waals surface area contributed by atoms with Crippen molar-refractivity contribution in [2.24, 2.45) is 0 Å². The van der Waals surface area contributed by atoms with Gasteiger partial charge in [-0.15, -0.1) is 0 Å². The fourth-order valence-electron chi connectivity index (χ4n) is 3.77. The van der Waals surface area contributed by atoms with E-state index in [1.54, 1.807) is 6.07 Å². The van der Waals surface area contributed by atoms with Gasteiger partial charge in [-0.05, 0) is 56.1 Å². The van der Waals surface area contributed by atoms with Gasteiger partial charge in [-0.25, -0.2) is 4.39 Å². The van der Waals surface area contributed by atoms with Gasteiger partial charge >= 0.3 is 6.18 Å². The van der Waals surface area contributed by atoms with Gasteiger partial charge < -0.3 is 14.8 Å². The number of nitrogens with one attached hydrogen (secondary N) is 1. The van der Waals surface area contributed by atoms with Crippen LogP contribution in [0.4, 0.5) is 17.6 Å². The van der Waals surface area contributed by atoms with Gasteiger partial charge in [0, 0.05) is 12.5 Å². The van der Waals surface area contributed by atoms with Gasteiger partial charge in [0.1, 0.15) is 5.82 Å². The summed E-state index contributed by atoms with van der Waals surface area (Å²) in [5.74, 6) is -1.20. The number of fused-ring (bicyclic) bond motifs is 1. The molecule has 1 unspecified atom stereocenters. The zero-order valence-electron chi connectivity index (χ0n) is 14.7. The van der Waals surface area contributed by atoms with Crippen molar-refractivity contribution in [1.29, 1.82) is 0 Å². The fourth-order valence-corrected chi connectivity index (χ4v) is 3.77. The Labute approximate surface area is 154 Å². The van der Waals surface area contributed by atoms with Gasteiger partial charge in [0.2, 0.25) is 0 Å². The highest BCUT2D eigenvalue weighted by atomic mass is 19.4. The molecule has 7 heteroatoms. The van der Waals surface area contributed by atoms with Gasteiger partial charge in [0.25, 0.3) is 5.79 Å². The summed E-state index contributed by atoms with van der Waals surface area (Å²) in [7, 11) is 0. The maximum atomic E-state index is 14.5. The second-order valence-corrected chi connectivity index (χ2v) is 7.04. The molecule has 0 saturated carbocycles. The van der Waals surface area contributed by atoms with Crippen LogP contribution in [-0.4, -0.2) is 13.1 Å². The SMILES string of the molecule is CC1(c2ccc(C(F)(F)F)cc2F)Oc2cccc(C3CCNCC3)c2O1. The quantitative estimate of drug-likeness (QED) is 0.747. The molecule has 2 heterocycles. The molecule has 0 aliphatic carbocycles. The molecular formula is C20H19F4NO2. The molecule has 1 N–H and O–H groups in total. The Kier molecular flexibility index (Phi) is 4.29. The first-order valence-corrected chi connectivity index (χ1v) is 8.87. The molecule has 0 amide bonds. The van der Waals surface area contributed by atoms with Crippen molar-refractivity contribution >= 4 is 0 Å². The number of benzene rings is 2. The number of piperidine rings is 1. The first kappa shape index (κ1) is 18.1. The van der Waals surface area contributed by atoms with Gasteiger partial charge in [-0.2, -0.15) is 13.2 Å². The predicted molar refractivity (Wildman–Crippen MR) is 91.3 cm³/mol. The van der Waals surface area contributed by atoms with E-state index in [0.29, 0.717) is 23.5 Å². The summed E-state index contributed by atoms with van der Waals surface area (Å²) in [4.78, 5) is 0. The molecule has 0 aromatic heterocycles. The lowest BCUT2D eigenvalue weighted by atomic mass is 9.89. The van der Waals surface area contributed by atoms with Crippen LogP contribution in [0.2, 0.25) is 0 Å². The van der Waals surface area contributed by atoms with Crippen LogP contribution in [0.3, 0.4) is 0 Å². The molecule has 4 rings (SSSR count). The fraction of sp³-hybridized carbons (Fsp3) is 0.400. The number of hydrogen-bond acceptors (Lipinski definition) is 3. The van der Waals surface area contributed by atoms with E-state index in [-0.39, 0.29) is 5.56 Å². The second kappa shape index (κ2) is 6.41. The van der Waals surface area contributed by atoms with E-state index < -0.39 is 23.3 Å². The smallest absolute Gasteiger partial charge is 0.416 e. The summed E-state index contributed by atoms with van der Waals surface area (Å²) in [5.41, 5.74) is -0.119. The highest BCUT2D eigenvalue weighted by Gasteiger charge is 2.43. The van der Waals surface area contributed by atoms with Gasteiger partial charge in [0.15, 0.2) is 11.5 Å². The van der Waals surface area contributed by atoms with Gasteiger partial charge in [0.05, 0.1) is 11.1 Å². The number of halogens is 4. The molecule has 3 nitrogen and oxygen atoms in total. The van der Waals surface area contributed by atoms with E-state index in [2.05, 4.69) is 5.32 Å². The third kappa shape index (κ3) is 3.25. The van der Waals surface area contributed by atoms with Crippen LogP contribution in [0.25, 0.3) is 0 Å². The topological polar surface area (TPSA) is 30.5 Å². The summed E-state index contributed by atoms with van der Waals surface area (Å²) in [5, 5.41) is 3.31. The van der Waals surface area contributed by atoms with E-state index in [1.165, 1.54) is 6.92 Å². The summed E-state index contributed by atoms with van der Waals surface area (Å²) in [6, 6.07) is 7.94. The molecule has 0 radical (unpaired) electrons. The number of hydrogen-bond donors (Lipinski definition) is 1. The lowest BCUT2D eigenvalue weighted by molar-refractivity contribution is -0.138. The Morgan fingerprint density at radius 1 is 1.07 bits per heavy atom. The monoisotopic (exact) mass is 381 g/mol. The van der Waals surface area contributed by atoms with Crippen molar-refractivity contribution in [1.82, 2.24) is 5.32 Å². The molecule has 0 spiro atoms. The van der Waals surface area contributed by atoms with Crippen LogP contribution < -0.4 is 14.8 Å². The molecular weight excluding hydrogens is 362 g/mol. The zero-order valence-corrected chi connectivity index (χ0v) is 14.7. The van der Waals surface area contributed by atoms with E-state index in [4.69, 9.17) is 9.47 Å². The molecule has 1 atom stereocenters. The zero-order chi connectivity index (χ0) is 19.2. The minimum absolute atomic E-state index is 0.0667. The maximum Gasteiger partial charge on any atom is 0.416 e. The van der Waals surface area contributed by atoms with Crippen molar-refractivity contribution < 1.29 is 27.0 Å². The highest BCUT2D eigenvalue weighted by molar-refractivity contribution is 5.52. The Hall–Kier alpha value is -2.28. The van der Waals surface area contributed by atoms with Crippen molar-refractivity contribution in [3.05, 3.63) is 58.9 Å². The molecule has 144 valence electrons. The average molecular weight is 381 g/mol. The minimum Gasteiger partial charge on any atom is -0.444 e. The van der Waals surface area contributed by atoms with Crippen molar-refractivity contribution in [2.75, 3.05) is 13.1 Å². The largest absolute Gasteiger partial charge is 0.444 e.